The number of carbonyl (C=O) groups is 1. The number of hydrogen-bond acceptors (Lipinski definition) is 3. The minimum atomic E-state index is 0.162. The van der Waals surface area contributed by atoms with Crippen LogP contribution in [0.25, 0.3) is 0 Å². The van der Waals surface area contributed by atoms with Crippen LogP contribution in [0.15, 0.2) is 0 Å². The number of carbonyl (C=O) groups excluding carboxylic acids is 1. The van der Waals surface area contributed by atoms with E-state index in [0.717, 1.165) is 32.4 Å². The lowest BCUT2D eigenvalue weighted by Crippen LogP contribution is -2.42. The van der Waals surface area contributed by atoms with Gasteiger partial charge in [-0.3, -0.25) is 9.69 Å². The van der Waals surface area contributed by atoms with Gasteiger partial charge in [-0.1, -0.05) is 19.3 Å². The molecule has 1 atom stereocenters. The minimum Gasteiger partial charge on any atom is -0.396 e. The van der Waals surface area contributed by atoms with E-state index in [9.17, 15) is 4.79 Å². The van der Waals surface area contributed by atoms with E-state index in [1.165, 1.54) is 19.3 Å². The molecule has 0 aromatic heterocycles. The fourth-order valence-corrected chi connectivity index (χ4v) is 2.93. The van der Waals surface area contributed by atoms with Crippen LogP contribution < -0.4 is 5.32 Å². The Labute approximate surface area is 103 Å². The molecule has 2 fully saturated rings. The fraction of sp³-hybridized carbons (Fsp3) is 0.923. The molecule has 4 heteroatoms. The summed E-state index contributed by atoms with van der Waals surface area (Å²) >= 11 is 0. The molecule has 0 aromatic carbocycles. The molecule has 1 saturated heterocycles. The zero-order valence-electron chi connectivity index (χ0n) is 10.5. The van der Waals surface area contributed by atoms with Gasteiger partial charge in [0.25, 0.3) is 0 Å². The second-order valence-corrected chi connectivity index (χ2v) is 5.47. The van der Waals surface area contributed by atoms with Crippen LogP contribution in [0, 0.1) is 5.92 Å². The lowest BCUT2D eigenvalue weighted by atomic mass is 9.95. The first-order chi connectivity index (χ1) is 8.28. The summed E-state index contributed by atoms with van der Waals surface area (Å²) < 4.78 is 0. The molecule has 2 aliphatic rings. The molecule has 0 spiro atoms. The monoisotopic (exact) mass is 240 g/mol. The smallest absolute Gasteiger partial charge is 0.234 e. The summed E-state index contributed by atoms with van der Waals surface area (Å²) in [7, 11) is 0. The molecule has 1 saturated carbocycles. The average molecular weight is 240 g/mol. The van der Waals surface area contributed by atoms with Crippen molar-refractivity contribution in [3.8, 4) is 0 Å². The zero-order chi connectivity index (χ0) is 12.1. The molecule has 17 heavy (non-hydrogen) atoms. The molecule has 1 unspecified atom stereocenters. The average Bonchev–Trinajstić information content (AvgIpc) is 2.78. The van der Waals surface area contributed by atoms with Crippen LogP contribution in [-0.2, 0) is 4.79 Å². The number of rotatable bonds is 4. The Morgan fingerprint density at radius 1 is 1.24 bits per heavy atom. The summed E-state index contributed by atoms with van der Waals surface area (Å²) in [4.78, 5) is 14.0. The van der Waals surface area contributed by atoms with Crippen LogP contribution in [0.1, 0.15) is 38.5 Å². The third kappa shape index (κ3) is 3.96. The number of hydrogen-bond donors (Lipinski definition) is 2. The fourth-order valence-electron chi connectivity index (χ4n) is 2.93. The number of amides is 1. The van der Waals surface area contributed by atoms with Gasteiger partial charge in [-0.25, -0.2) is 0 Å². The minimum absolute atomic E-state index is 0.162. The van der Waals surface area contributed by atoms with Crippen molar-refractivity contribution in [3.63, 3.8) is 0 Å². The summed E-state index contributed by atoms with van der Waals surface area (Å²) in [6.07, 6.45) is 7.13. The first-order valence-corrected chi connectivity index (χ1v) is 6.90. The summed E-state index contributed by atoms with van der Waals surface area (Å²) in [6.45, 7) is 2.58. The lowest BCUT2D eigenvalue weighted by Gasteiger charge is -2.24. The van der Waals surface area contributed by atoms with Gasteiger partial charge in [0.2, 0.25) is 5.91 Å². The highest BCUT2D eigenvalue weighted by molar-refractivity contribution is 5.78. The predicted molar refractivity (Wildman–Crippen MR) is 66.6 cm³/mol. The Kier molecular flexibility index (Phi) is 4.80. The van der Waals surface area contributed by atoms with Crippen molar-refractivity contribution >= 4 is 5.91 Å². The molecule has 98 valence electrons. The second kappa shape index (κ2) is 6.36. The van der Waals surface area contributed by atoms with Crippen LogP contribution in [-0.4, -0.2) is 48.2 Å². The molecule has 4 nitrogen and oxygen atoms in total. The van der Waals surface area contributed by atoms with E-state index in [1.807, 2.05) is 0 Å². The van der Waals surface area contributed by atoms with Gasteiger partial charge in [0.15, 0.2) is 0 Å². The highest BCUT2D eigenvalue weighted by Crippen LogP contribution is 2.18. The Hall–Kier alpha value is -0.610. The first kappa shape index (κ1) is 12.8. The van der Waals surface area contributed by atoms with E-state index in [4.69, 9.17) is 5.11 Å². The van der Waals surface area contributed by atoms with Gasteiger partial charge in [-0.05, 0) is 31.7 Å². The molecular formula is C13H24N2O2. The van der Waals surface area contributed by atoms with Crippen molar-refractivity contribution in [1.29, 1.82) is 0 Å². The molecule has 2 N–H and O–H groups in total. The van der Waals surface area contributed by atoms with Crippen molar-refractivity contribution in [1.82, 2.24) is 10.2 Å². The van der Waals surface area contributed by atoms with E-state index < -0.39 is 0 Å². The van der Waals surface area contributed by atoms with Crippen LogP contribution in [0.3, 0.4) is 0 Å². The van der Waals surface area contributed by atoms with E-state index in [1.54, 1.807) is 0 Å². The molecule has 2 rings (SSSR count). The van der Waals surface area contributed by atoms with Crippen LogP contribution in [0.4, 0.5) is 0 Å². The lowest BCUT2D eigenvalue weighted by molar-refractivity contribution is -0.123. The molecule has 0 bridgehead atoms. The third-order valence-corrected chi connectivity index (χ3v) is 3.97. The van der Waals surface area contributed by atoms with Crippen molar-refractivity contribution < 1.29 is 9.90 Å². The molecule has 1 amide bonds. The normalized spacial score (nSPS) is 27.2. The molecule has 1 aliphatic heterocycles. The molecule has 1 heterocycles. The number of likely N-dealkylation sites (tertiary alicyclic amines) is 1. The van der Waals surface area contributed by atoms with Gasteiger partial charge >= 0.3 is 0 Å². The number of nitrogens with zero attached hydrogens (tertiary/aromatic N) is 1. The summed E-state index contributed by atoms with van der Waals surface area (Å²) in [5.74, 6) is 0.535. The Morgan fingerprint density at radius 3 is 2.65 bits per heavy atom. The molecule has 0 aromatic rings. The Balaban J connectivity index is 1.66. The van der Waals surface area contributed by atoms with E-state index in [2.05, 4.69) is 10.2 Å². The van der Waals surface area contributed by atoms with Gasteiger partial charge in [0.05, 0.1) is 6.54 Å². The van der Waals surface area contributed by atoms with Crippen molar-refractivity contribution in [3.05, 3.63) is 0 Å². The number of aliphatic hydroxyl groups is 1. The molecule has 1 aliphatic carbocycles. The largest absolute Gasteiger partial charge is 0.396 e. The summed E-state index contributed by atoms with van der Waals surface area (Å²) in [5.41, 5.74) is 0. The van der Waals surface area contributed by atoms with Crippen molar-refractivity contribution in [2.45, 2.75) is 44.6 Å². The number of nitrogens with one attached hydrogen (secondary N) is 1. The Morgan fingerprint density at radius 2 is 2.00 bits per heavy atom. The van der Waals surface area contributed by atoms with Gasteiger partial charge in [-0.2, -0.15) is 0 Å². The Bertz CT molecular complexity index is 252. The van der Waals surface area contributed by atoms with E-state index in [-0.39, 0.29) is 12.5 Å². The third-order valence-electron chi connectivity index (χ3n) is 3.97. The van der Waals surface area contributed by atoms with Gasteiger partial charge < -0.3 is 10.4 Å². The maximum atomic E-state index is 11.8. The second-order valence-electron chi connectivity index (χ2n) is 5.47. The SMILES string of the molecule is O=C(CN1CCC(CO)C1)NC1CCCCC1. The number of aliphatic hydroxyl groups excluding tert-OH is 1. The van der Waals surface area contributed by atoms with Gasteiger partial charge in [0.1, 0.15) is 0 Å². The van der Waals surface area contributed by atoms with Gasteiger partial charge in [-0.15, -0.1) is 0 Å². The zero-order valence-corrected chi connectivity index (χ0v) is 10.5. The van der Waals surface area contributed by atoms with Crippen molar-refractivity contribution in [2.75, 3.05) is 26.2 Å². The van der Waals surface area contributed by atoms with Crippen molar-refractivity contribution in [2.24, 2.45) is 5.92 Å². The predicted octanol–water partition coefficient (Wildman–Crippen LogP) is 0.749. The quantitative estimate of drug-likeness (QED) is 0.762. The molecule has 0 radical (unpaired) electrons. The standard InChI is InChI=1S/C13H24N2O2/c16-10-11-6-7-15(8-11)9-13(17)14-12-4-2-1-3-5-12/h11-12,16H,1-10H2,(H,14,17). The summed E-state index contributed by atoms with van der Waals surface area (Å²) in [5, 5.41) is 12.2. The first-order valence-electron chi connectivity index (χ1n) is 6.90. The van der Waals surface area contributed by atoms with E-state index in [0.29, 0.717) is 18.5 Å². The molecular weight excluding hydrogens is 216 g/mol. The van der Waals surface area contributed by atoms with Crippen LogP contribution in [0.2, 0.25) is 0 Å². The van der Waals surface area contributed by atoms with Gasteiger partial charge in [0, 0.05) is 19.2 Å². The highest BCUT2D eigenvalue weighted by atomic mass is 16.3. The van der Waals surface area contributed by atoms with Crippen LogP contribution in [0.5, 0.6) is 0 Å². The van der Waals surface area contributed by atoms with Crippen LogP contribution >= 0.6 is 0 Å². The van der Waals surface area contributed by atoms with E-state index >= 15 is 0 Å². The topological polar surface area (TPSA) is 52.6 Å². The summed E-state index contributed by atoms with van der Waals surface area (Å²) in [6, 6.07) is 0.410. The maximum absolute atomic E-state index is 11.8. The highest BCUT2D eigenvalue weighted by Gasteiger charge is 2.24. The maximum Gasteiger partial charge on any atom is 0.234 e.